The summed E-state index contributed by atoms with van der Waals surface area (Å²) in [7, 11) is 2.08. The third kappa shape index (κ3) is 5.42. The first kappa shape index (κ1) is 32.7. The van der Waals surface area contributed by atoms with Crippen LogP contribution in [0.25, 0.3) is 66.1 Å². The standard InChI is InChI=1S/C52H35N5/c1-55-51(36-18-7-3-8-19-36)53-50(35-16-5-2-6-17-35)54-52(55)39-20-15-23-41(32-39)57-47-27-14-12-25-43(47)45-34-38(29-31-49(45)57)37-28-30-48-44(33-37)42-24-11-13-26-46(42)56(48)40-21-9-4-10-22-40/h2-28,30,32-34,52H,1H3. The van der Waals surface area contributed by atoms with E-state index in [4.69, 9.17) is 9.98 Å². The van der Waals surface area contributed by atoms with E-state index in [0.29, 0.717) is 0 Å². The molecule has 0 saturated carbocycles. The molecule has 3 heterocycles. The summed E-state index contributed by atoms with van der Waals surface area (Å²) in [5.74, 6) is 1.60. The molecule has 2 aromatic heterocycles. The first-order valence-electron chi connectivity index (χ1n) is 19.3. The first-order valence-corrected chi connectivity index (χ1v) is 19.3. The minimum atomic E-state index is -0.286. The minimum absolute atomic E-state index is 0.286. The van der Waals surface area contributed by atoms with Gasteiger partial charge in [-0.2, -0.15) is 0 Å². The Bertz CT molecular complexity index is 3190. The predicted octanol–water partition coefficient (Wildman–Crippen LogP) is 12.0. The first-order chi connectivity index (χ1) is 28.2. The summed E-state index contributed by atoms with van der Waals surface area (Å²) in [5, 5.41) is 4.75. The van der Waals surface area contributed by atoms with Crippen molar-refractivity contribution in [3.05, 3.63) is 217 Å². The Morgan fingerprint density at radius 2 is 1.07 bits per heavy atom. The van der Waals surface area contributed by atoms with E-state index in [0.717, 1.165) is 67.3 Å². The van der Waals surface area contributed by atoms with Crippen molar-refractivity contribution in [1.29, 1.82) is 0 Å². The highest BCUT2D eigenvalue weighted by Crippen LogP contribution is 2.38. The molecule has 11 rings (SSSR count). The van der Waals surface area contributed by atoms with Gasteiger partial charge in [-0.1, -0.05) is 140 Å². The summed E-state index contributed by atoms with van der Waals surface area (Å²) < 4.78 is 4.66. The average Bonchev–Trinajstić information content (AvgIpc) is 3.79. The molecule has 5 heteroatoms. The SMILES string of the molecule is CN1C(c2ccccc2)=NC(c2ccccc2)=NC1c1cccc(-n2c3c#cc(-c4ccc5c(c4)c4ccccc4n5-c4ccccc4)cc3c3ccccc32)c1. The second-order valence-electron chi connectivity index (χ2n) is 14.5. The van der Waals surface area contributed by atoms with Gasteiger partial charge in [0.25, 0.3) is 0 Å². The van der Waals surface area contributed by atoms with Crippen molar-refractivity contribution in [3.8, 4) is 22.5 Å². The molecular weight excluding hydrogens is 695 g/mol. The zero-order valence-corrected chi connectivity index (χ0v) is 31.2. The molecule has 1 aliphatic rings. The topological polar surface area (TPSA) is 37.8 Å². The average molecular weight is 730 g/mol. The van der Waals surface area contributed by atoms with Crippen molar-refractivity contribution in [2.75, 3.05) is 7.05 Å². The molecule has 8 aromatic carbocycles. The second kappa shape index (κ2) is 13.3. The predicted molar refractivity (Wildman–Crippen MR) is 235 cm³/mol. The van der Waals surface area contributed by atoms with Crippen LogP contribution in [0, 0.1) is 12.1 Å². The fourth-order valence-electron chi connectivity index (χ4n) is 8.49. The highest BCUT2D eigenvalue weighted by atomic mass is 15.3. The Morgan fingerprint density at radius 3 is 1.82 bits per heavy atom. The molecule has 0 radical (unpaired) electrons. The number of aliphatic imine (C=N–C) groups is 2. The van der Waals surface area contributed by atoms with E-state index >= 15 is 0 Å². The maximum atomic E-state index is 5.26. The molecule has 1 aliphatic heterocycles. The lowest BCUT2D eigenvalue weighted by molar-refractivity contribution is 0.383. The van der Waals surface area contributed by atoms with Gasteiger partial charge in [-0.15, -0.1) is 0 Å². The number of benzene rings is 7. The van der Waals surface area contributed by atoms with Gasteiger partial charge in [-0.25, -0.2) is 9.98 Å². The van der Waals surface area contributed by atoms with Crippen LogP contribution in [0.15, 0.2) is 198 Å². The molecule has 10 aromatic rings. The van der Waals surface area contributed by atoms with Crippen molar-refractivity contribution >= 4 is 55.3 Å². The van der Waals surface area contributed by atoms with E-state index in [9.17, 15) is 0 Å². The molecule has 1 unspecified atom stereocenters. The molecule has 57 heavy (non-hydrogen) atoms. The number of fused-ring (bicyclic) bond motifs is 6. The zero-order valence-electron chi connectivity index (χ0n) is 31.2. The monoisotopic (exact) mass is 729 g/mol. The van der Waals surface area contributed by atoms with Gasteiger partial charge in [-0.05, 0) is 71.8 Å². The van der Waals surface area contributed by atoms with Crippen LogP contribution < -0.4 is 0 Å². The molecule has 1 atom stereocenters. The lowest BCUT2D eigenvalue weighted by Crippen LogP contribution is -2.35. The van der Waals surface area contributed by atoms with E-state index in [1.54, 1.807) is 0 Å². The smallest absolute Gasteiger partial charge is 0.159 e. The number of rotatable bonds is 6. The van der Waals surface area contributed by atoms with Crippen molar-refractivity contribution in [1.82, 2.24) is 14.0 Å². The maximum Gasteiger partial charge on any atom is 0.159 e. The Morgan fingerprint density at radius 1 is 0.456 bits per heavy atom. The van der Waals surface area contributed by atoms with Crippen LogP contribution in [0.4, 0.5) is 0 Å². The van der Waals surface area contributed by atoms with Gasteiger partial charge in [-0.3, -0.25) is 0 Å². The number of hydrogen-bond donors (Lipinski definition) is 0. The third-order valence-electron chi connectivity index (χ3n) is 11.2. The molecule has 268 valence electrons. The molecule has 0 saturated heterocycles. The molecule has 0 fully saturated rings. The van der Waals surface area contributed by atoms with E-state index in [1.165, 1.54) is 27.2 Å². The van der Waals surface area contributed by atoms with Crippen LogP contribution in [0.2, 0.25) is 0 Å². The minimum Gasteiger partial charge on any atom is -0.333 e. The van der Waals surface area contributed by atoms with Gasteiger partial charge >= 0.3 is 0 Å². The zero-order chi connectivity index (χ0) is 37.9. The highest BCUT2D eigenvalue weighted by molar-refractivity contribution is 6.14. The van der Waals surface area contributed by atoms with Crippen molar-refractivity contribution < 1.29 is 0 Å². The Balaban J connectivity index is 1.03. The van der Waals surface area contributed by atoms with Gasteiger partial charge in [0.15, 0.2) is 12.0 Å². The molecule has 0 N–H and O–H groups in total. The Hall–Kier alpha value is -7.68. The van der Waals surface area contributed by atoms with Gasteiger partial charge in [0.1, 0.15) is 11.4 Å². The molecule has 0 aliphatic carbocycles. The lowest BCUT2D eigenvalue weighted by Gasteiger charge is -2.32. The summed E-state index contributed by atoms with van der Waals surface area (Å²) in [6, 6.07) is 73.4. The maximum absolute atomic E-state index is 5.26. The Labute approximate surface area is 330 Å². The Kier molecular flexibility index (Phi) is 7.61. The van der Waals surface area contributed by atoms with Crippen molar-refractivity contribution in [2.24, 2.45) is 9.98 Å². The van der Waals surface area contributed by atoms with Crippen LogP contribution in [0.3, 0.4) is 0 Å². The van der Waals surface area contributed by atoms with Gasteiger partial charge in [0.05, 0.1) is 16.6 Å². The van der Waals surface area contributed by atoms with Gasteiger partial charge in [0.2, 0.25) is 0 Å². The van der Waals surface area contributed by atoms with E-state index in [1.807, 2.05) is 24.3 Å². The molecule has 0 amide bonds. The van der Waals surface area contributed by atoms with Crippen LogP contribution >= 0.6 is 0 Å². The van der Waals surface area contributed by atoms with Gasteiger partial charge in [0, 0.05) is 56.7 Å². The summed E-state index contributed by atoms with van der Waals surface area (Å²) >= 11 is 0. The number of aromatic nitrogens is 2. The van der Waals surface area contributed by atoms with Gasteiger partial charge < -0.3 is 14.0 Å². The van der Waals surface area contributed by atoms with Crippen molar-refractivity contribution in [2.45, 2.75) is 6.17 Å². The number of hydrogen-bond acceptors (Lipinski definition) is 3. The van der Waals surface area contributed by atoms with E-state index in [2.05, 4.69) is 197 Å². The van der Waals surface area contributed by atoms with Crippen LogP contribution in [-0.4, -0.2) is 32.8 Å². The summed E-state index contributed by atoms with van der Waals surface area (Å²) in [6.45, 7) is 0. The van der Waals surface area contributed by atoms with Crippen LogP contribution in [0.5, 0.6) is 0 Å². The van der Waals surface area contributed by atoms with Crippen molar-refractivity contribution in [3.63, 3.8) is 0 Å². The fraction of sp³-hybridized carbons (Fsp3) is 0.0385. The second-order valence-corrected chi connectivity index (χ2v) is 14.5. The quantitative estimate of drug-likeness (QED) is 0.168. The van der Waals surface area contributed by atoms with E-state index < -0.39 is 0 Å². The van der Waals surface area contributed by atoms with Crippen LogP contribution in [0.1, 0.15) is 22.9 Å². The summed E-state index contributed by atoms with van der Waals surface area (Å²) in [4.78, 5) is 12.5. The number of para-hydroxylation sites is 3. The number of nitrogens with zero attached hydrogens (tertiary/aromatic N) is 5. The largest absolute Gasteiger partial charge is 0.333 e. The third-order valence-corrected chi connectivity index (χ3v) is 11.2. The van der Waals surface area contributed by atoms with E-state index in [-0.39, 0.29) is 6.17 Å². The number of amidine groups is 2. The molecule has 0 spiro atoms. The lowest BCUT2D eigenvalue weighted by atomic mass is 10.0. The molecule has 5 nitrogen and oxygen atoms in total. The summed E-state index contributed by atoms with van der Waals surface area (Å²) in [6.07, 6.45) is -0.286. The molecular formula is C52H35N5. The normalized spacial score (nSPS) is 14.3. The molecule has 0 bridgehead atoms. The summed E-state index contributed by atoms with van der Waals surface area (Å²) in [5.41, 5.74) is 11.9. The fourth-order valence-corrected chi connectivity index (χ4v) is 8.49. The van der Waals surface area contributed by atoms with Crippen LogP contribution in [-0.2, 0) is 0 Å². The highest BCUT2D eigenvalue weighted by Gasteiger charge is 2.27.